The Labute approximate surface area is 172 Å². The minimum absolute atomic E-state index is 0.190. The Bertz CT molecular complexity index is 1160. The minimum atomic E-state index is -1.46. The number of hydrogen-bond acceptors (Lipinski definition) is 5. The molecule has 0 radical (unpaired) electrons. The first kappa shape index (κ1) is 20.1. The van der Waals surface area contributed by atoms with E-state index in [-0.39, 0.29) is 27.0 Å². The van der Waals surface area contributed by atoms with E-state index in [2.05, 4.69) is 15.1 Å². The third kappa shape index (κ3) is 4.26. The fourth-order valence-electron chi connectivity index (χ4n) is 2.43. The molecule has 11 heteroatoms. The Morgan fingerprint density at radius 3 is 2.61 bits per heavy atom. The number of benzene rings is 2. The number of aliphatic hydroxyl groups excluding tert-OH is 1. The van der Waals surface area contributed by atoms with Gasteiger partial charge in [-0.2, -0.15) is 5.10 Å². The number of carbonyl (C=O) groups excluding carboxylic acids is 1. The number of nitrogens with one attached hydrogen (secondary N) is 2. The van der Waals surface area contributed by atoms with E-state index in [1.165, 1.54) is 24.3 Å². The van der Waals surface area contributed by atoms with Crippen LogP contribution in [0.5, 0.6) is 0 Å². The number of aromatic nitrogens is 2. The second kappa shape index (κ2) is 8.15. The summed E-state index contributed by atoms with van der Waals surface area (Å²) in [4.78, 5) is 30.5. The van der Waals surface area contributed by atoms with Gasteiger partial charge in [-0.1, -0.05) is 40.9 Å². The lowest BCUT2D eigenvalue weighted by Crippen LogP contribution is -2.31. The van der Waals surface area contributed by atoms with E-state index in [9.17, 15) is 14.7 Å². The Balaban J connectivity index is 2.16. The molecule has 1 unspecified atom stereocenters. The van der Waals surface area contributed by atoms with Crippen LogP contribution in [0.4, 0.5) is 4.79 Å². The molecule has 2 aromatic carbocycles. The number of hydrazone groups is 1. The Hall–Kier alpha value is -2.65. The van der Waals surface area contributed by atoms with Crippen molar-refractivity contribution in [2.75, 3.05) is 0 Å². The second-order valence-corrected chi connectivity index (χ2v) is 6.88. The molecule has 0 saturated carbocycles. The number of halogens is 3. The topological polar surface area (TPSA) is 133 Å². The van der Waals surface area contributed by atoms with Gasteiger partial charge in [0.25, 0.3) is 5.56 Å². The summed E-state index contributed by atoms with van der Waals surface area (Å²) in [6, 6.07) is 8.10. The summed E-state index contributed by atoms with van der Waals surface area (Å²) in [6.45, 7) is 0. The van der Waals surface area contributed by atoms with Crippen molar-refractivity contribution in [3.63, 3.8) is 0 Å². The summed E-state index contributed by atoms with van der Waals surface area (Å²) in [7, 11) is 0. The first-order valence-corrected chi connectivity index (χ1v) is 8.85. The standard InChI is InChI=1S/C17H12Cl3N5O3/c18-8-2-4-11-12(6-8)23-16(27)14(22-11)13(24-25-17(21)28)15(26)7-1-3-9(19)10(20)5-7/h1-6,15,26H,(H,23,27)(H3,21,25,28). The average Bonchev–Trinajstić information content (AvgIpc) is 2.64. The molecule has 0 saturated heterocycles. The predicted molar refractivity (Wildman–Crippen MR) is 108 cm³/mol. The van der Waals surface area contributed by atoms with Crippen LogP contribution < -0.4 is 16.7 Å². The maximum Gasteiger partial charge on any atom is 0.332 e. The molecular weight excluding hydrogens is 429 g/mol. The van der Waals surface area contributed by atoms with E-state index in [0.717, 1.165) is 0 Å². The molecule has 3 rings (SSSR count). The lowest BCUT2D eigenvalue weighted by Gasteiger charge is -2.14. The highest BCUT2D eigenvalue weighted by atomic mass is 35.5. The van der Waals surface area contributed by atoms with E-state index < -0.39 is 17.7 Å². The van der Waals surface area contributed by atoms with Crippen LogP contribution in [0, 0.1) is 0 Å². The lowest BCUT2D eigenvalue weighted by molar-refractivity contribution is 0.243. The molecule has 1 atom stereocenters. The molecule has 0 bridgehead atoms. The smallest absolute Gasteiger partial charge is 0.332 e. The van der Waals surface area contributed by atoms with Gasteiger partial charge in [0.05, 0.1) is 21.1 Å². The van der Waals surface area contributed by atoms with E-state index in [4.69, 9.17) is 40.5 Å². The zero-order valence-electron chi connectivity index (χ0n) is 13.9. The van der Waals surface area contributed by atoms with Crippen LogP contribution in [0.25, 0.3) is 11.0 Å². The molecule has 1 aromatic heterocycles. The quantitative estimate of drug-likeness (QED) is 0.366. The Kier molecular flexibility index (Phi) is 5.85. The highest BCUT2D eigenvalue weighted by molar-refractivity contribution is 6.42. The van der Waals surface area contributed by atoms with E-state index in [1.807, 2.05) is 5.43 Å². The van der Waals surface area contributed by atoms with Crippen molar-refractivity contribution in [2.45, 2.75) is 6.10 Å². The predicted octanol–water partition coefficient (Wildman–Crippen LogP) is 2.99. The number of aromatic amines is 1. The largest absolute Gasteiger partial charge is 0.382 e. The van der Waals surface area contributed by atoms with E-state index in [1.54, 1.807) is 12.1 Å². The van der Waals surface area contributed by atoms with Crippen LogP contribution in [0.1, 0.15) is 17.4 Å². The van der Waals surface area contributed by atoms with Crippen molar-refractivity contribution in [3.05, 3.63) is 73.1 Å². The van der Waals surface area contributed by atoms with Crippen molar-refractivity contribution in [1.82, 2.24) is 15.4 Å². The molecular formula is C17H12Cl3N5O3. The summed E-state index contributed by atoms with van der Waals surface area (Å²) in [6.07, 6.45) is -1.46. The van der Waals surface area contributed by atoms with Gasteiger partial charge in [-0.15, -0.1) is 0 Å². The summed E-state index contributed by atoms with van der Waals surface area (Å²) in [5, 5.41) is 15.4. The number of fused-ring (bicyclic) bond motifs is 1. The van der Waals surface area contributed by atoms with Crippen LogP contribution in [0.3, 0.4) is 0 Å². The summed E-state index contributed by atoms with van der Waals surface area (Å²) in [5.41, 5.74) is 7.00. The molecule has 0 spiro atoms. The van der Waals surface area contributed by atoms with Gasteiger partial charge in [-0.3, -0.25) is 4.79 Å². The number of nitrogens with two attached hydrogens (primary N) is 1. The number of amides is 2. The molecule has 1 heterocycles. The zero-order chi connectivity index (χ0) is 20.4. The van der Waals surface area contributed by atoms with Crippen LogP contribution in [0.15, 0.2) is 46.3 Å². The highest BCUT2D eigenvalue weighted by Gasteiger charge is 2.23. The monoisotopic (exact) mass is 439 g/mol. The molecule has 8 nitrogen and oxygen atoms in total. The van der Waals surface area contributed by atoms with Gasteiger partial charge >= 0.3 is 6.03 Å². The van der Waals surface area contributed by atoms with Gasteiger partial charge in [0.15, 0.2) is 5.69 Å². The van der Waals surface area contributed by atoms with Crippen LogP contribution in [-0.4, -0.2) is 26.8 Å². The van der Waals surface area contributed by atoms with Crippen molar-refractivity contribution < 1.29 is 9.90 Å². The van der Waals surface area contributed by atoms with Gasteiger partial charge < -0.3 is 15.8 Å². The lowest BCUT2D eigenvalue weighted by atomic mass is 10.0. The van der Waals surface area contributed by atoms with E-state index in [0.29, 0.717) is 16.1 Å². The number of primary amides is 1. The fraction of sp³-hybridized carbons (Fsp3) is 0.0588. The maximum atomic E-state index is 12.5. The number of urea groups is 1. The van der Waals surface area contributed by atoms with Gasteiger partial charge in [-0.25, -0.2) is 15.2 Å². The number of carbonyl (C=O) groups is 1. The van der Waals surface area contributed by atoms with E-state index >= 15 is 0 Å². The number of rotatable bonds is 4. The van der Waals surface area contributed by atoms with Crippen molar-refractivity contribution in [1.29, 1.82) is 0 Å². The molecule has 0 aliphatic heterocycles. The summed E-state index contributed by atoms with van der Waals surface area (Å²) in [5.74, 6) is 0. The van der Waals surface area contributed by atoms with Gasteiger partial charge in [0, 0.05) is 5.02 Å². The van der Waals surface area contributed by atoms with Gasteiger partial charge in [0.1, 0.15) is 11.8 Å². The third-order valence-corrected chi connectivity index (χ3v) is 4.68. The molecule has 0 aliphatic rings. The third-order valence-electron chi connectivity index (χ3n) is 3.70. The van der Waals surface area contributed by atoms with Crippen LogP contribution >= 0.6 is 34.8 Å². The maximum absolute atomic E-state index is 12.5. The van der Waals surface area contributed by atoms with Gasteiger partial charge in [0.2, 0.25) is 0 Å². The van der Waals surface area contributed by atoms with Gasteiger partial charge in [-0.05, 0) is 35.9 Å². The normalized spacial score (nSPS) is 12.8. The molecule has 2 amide bonds. The fourth-order valence-corrected chi connectivity index (χ4v) is 2.91. The number of hydrogen-bond donors (Lipinski definition) is 4. The molecule has 5 N–H and O–H groups in total. The Morgan fingerprint density at radius 2 is 1.93 bits per heavy atom. The van der Waals surface area contributed by atoms with Crippen LogP contribution in [-0.2, 0) is 0 Å². The SMILES string of the molecule is NC(=O)NN=C(c1nc2ccc(Cl)cc2[nH]c1=O)C(O)c1ccc(Cl)c(Cl)c1. The number of aliphatic hydroxyl groups is 1. The molecule has 3 aromatic rings. The minimum Gasteiger partial charge on any atom is -0.382 e. The highest BCUT2D eigenvalue weighted by Crippen LogP contribution is 2.27. The van der Waals surface area contributed by atoms with Crippen molar-refractivity contribution in [3.8, 4) is 0 Å². The molecule has 144 valence electrons. The number of H-pyrrole nitrogens is 1. The Morgan fingerprint density at radius 1 is 1.18 bits per heavy atom. The molecule has 0 fully saturated rings. The summed E-state index contributed by atoms with van der Waals surface area (Å²) >= 11 is 17.8. The first-order chi connectivity index (χ1) is 13.3. The number of nitrogens with zero attached hydrogens (tertiary/aromatic N) is 2. The zero-order valence-corrected chi connectivity index (χ0v) is 16.2. The summed E-state index contributed by atoms with van der Waals surface area (Å²) < 4.78 is 0. The molecule has 0 aliphatic carbocycles. The first-order valence-electron chi connectivity index (χ1n) is 7.72. The second-order valence-electron chi connectivity index (χ2n) is 5.63. The van der Waals surface area contributed by atoms with Crippen molar-refractivity contribution in [2.24, 2.45) is 10.8 Å². The average molecular weight is 441 g/mol. The van der Waals surface area contributed by atoms with Crippen LogP contribution in [0.2, 0.25) is 15.1 Å². The van der Waals surface area contributed by atoms with Crippen molar-refractivity contribution >= 4 is 57.6 Å². The molecule has 28 heavy (non-hydrogen) atoms.